The number of nitrogens with one attached hydrogen (secondary N) is 1. The van der Waals surface area contributed by atoms with Crippen LogP contribution in [0.25, 0.3) is 0 Å². The molecule has 0 heterocycles. The fourth-order valence-electron chi connectivity index (χ4n) is 1.13. The van der Waals surface area contributed by atoms with E-state index in [1.807, 2.05) is 0 Å². The number of anilines is 1. The lowest BCUT2D eigenvalue weighted by Crippen LogP contribution is -2.32. The number of alkyl halides is 3. The average Bonchev–Trinajstić information content (AvgIpc) is 2.26. The number of carbonyl (C=O) groups is 1. The summed E-state index contributed by atoms with van der Waals surface area (Å²) in [6.45, 7) is -0.162. The summed E-state index contributed by atoms with van der Waals surface area (Å²) in [5, 5.41) is 2.19. The smallest absolute Gasteiger partial charge is 0.422 e. The van der Waals surface area contributed by atoms with E-state index in [1.54, 1.807) is 0 Å². The average molecular weight is 280 g/mol. The molecule has 0 aromatic heterocycles. The molecule has 3 N–H and O–H groups in total. The zero-order chi connectivity index (χ0) is 14.6. The van der Waals surface area contributed by atoms with Gasteiger partial charge in [-0.05, 0) is 19.1 Å². The molecule has 0 aliphatic rings. The van der Waals surface area contributed by atoms with Gasteiger partial charge in [-0.1, -0.05) is 0 Å². The summed E-state index contributed by atoms with van der Waals surface area (Å²) in [4.78, 5) is 11.3. The predicted octanol–water partition coefficient (Wildman–Crippen LogP) is 2.05. The Balaban J connectivity index is 2.88. The van der Waals surface area contributed by atoms with E-state index in [2.05, 4.69) is 10.1 Å². The Kier molecular flexibility index (Phi) is 4.71. The maximum atomic E-state index is 13.0. The number of halogens is 4. The first-order chi connectivity index (χ1) is 8.69. The molecule has 8 heteroatoms. The molecule has 0 unspecified atom stereocenters. The summed E-state index contributed by atoms with van der Waals surface area (Å²) in [7, 11) is 0. The van der Waals surface area contributed by atoms with Crippen molar-refractivity contribution in [1.82, 2.24) is 0 Å². The number of rotatable bonds is 4. The summed E-state index contributed by atoms with van der Waals surface area (Å²) in [6, 6.07) is 1.88. The van der Waals surface area contributed by atoms with Crippen LogP contribution in [-0.4, -0.2) is 24.7 Å². The van der Waals surface area contributed by atoms with Crippen molar-refractivity contribution in [3.8, 4) is 5.75 Å². The second kappa shape index (κ2) is 5.87. The van der Waals surface area contributed by atoms with Crippen LogP contribution in [0.1, 0.15) is 6.92 Å². The van der Waals surface area contributed by atoms with Crippen molar-refractivity contribution in [2.75, 3.05) is 11.9 Å². The number of carbonyl (C=O) groups excluding carboxylic acids is 1. The van der Waals surface area contributed by atoms with E-state index in [9.17, 15) is 22.4 Å². The van der Waals surface area contributed by atoms with Gasteiger partial charge in [0.25, 0.3) is 0 Å². The molecular weight excluding hydrogens is 268 g/mol. The van der Waals surface area contributed by atoms with Crippen molar-refractivity contribution >= 4 is 11.6 Å². The van der Waals surface area contributed by atoms with Gasteiger partial charge < -0.3 is 15.8 Å². The van der Waals surface area contributed by atoms with Crippen molar-refractivity contribution in [3.05, 3.63) is 24.0 Å². The number of ether oxygens (including phenoxy) is 1. The standard InChI is InChI=1S/C11H12F4N2O2/c1-6(16)10(18)17-8-4-7(12)2-3-9(8)19-5-11(13,14)15/h2-4,6H,5,16H2,1H3,(H,17,18)/t6-/m0/s1. The third-order valence-corrected chi connectivity index (χ3v) is 2.00. The van der Waals surface area contributed by atoms with E-state index in [0.29, 0.717) is 0 Å². The van der Waals surface area contributed by atoms with E-state index >= 15 is 0 Å². The Hall–Kier alpha value is -1.83. The summed E-state index contributed by atoms with van der Waals surface area (Å²) in [5.41, 5.74) is 5.09. The fourth-order valence-corrected chi connectivity index (χ4v) is 1.13. The minimum absolute atomic E-state index is 0.202. The van der Waals surface area contributed by atoms with Crippen LogP contribution in [0.2, 0.25) is 0 Å². The highest BCUT2D eigenvalue weighted by molar-refractivity contribution is 5.95. The van der Waals surface area contributed by atoms with Crippen LogP contribution in [0.3, 0.4) is 0 Å². The molecule has 1 amide bonds. The molecule has 1 aromatic rings. The van der Waals surface area contributed by atoms with Crippen LogP contribution in [-0.2, 0) is 4.79 Å². The van der Waals surface area contributed by atoms with Gasteiger partial charge in [0.15, 0.2) is 6.61 Å². The maximum absolute atomic E-state index is 13.0. The first-order valence-electron chi connectivity index (χ1n) is 5.24. The van der Waals surface area contributed by atoms with Crippen LogP contribution in [0.5, 0.6) is 5.75 Å². The quantitative estimate of drug-likeness (QED) is 0.830. The number of nitrogens with two attached hydrogens (primary N) is 1. The first kappa shape index (κ1) is 15.2. The van der Waals surface area contributed by atoms with Crippen molar-refractivity contribution in [1.29, 1.82) is 0 Å². The molecule has 1 rings (SSSR count). The number of hydrogen-bond acceptors (Lipinski definition) is 3. The third kappa shape index (κ3) is 5.12. The highest BCUT2D eigenvalue weighted by atomic mass is 19.4. The van der Waals surface area contributed by atoms with Gasteiger partial charge in [0.2, 0.25) is 5.91 Å². The van der Waals surface area contributed by atoms with Crippen LogP contribution in [0.4, 0.5) is 23.2 Å². The second-order valence-corrected chi connectivity index (χ2v) is 3.82. The Morgan fingerprint density at radius 2 is 2.11 bits per heavy atom. The molecule has 0 spiro atoms. The summed E-state index contributed by atoms with van der Waals surface area (Å²) < 4.78 is 53.6. The summed E-state index contributed by atoms with van der Waals surface area (Å²) >= 11 is 0. The van der Waals surface area contributed by atoms with Crippen LogP contribution in [0, 0.1) is 5.82 Å². The lowest BCUT2D eigenvalue weighted by Gasteiger charge is -2.14. The van der Waals surface area contributed by atoms with Gasteiger partial charge in [-0.25, -0.2) is 4.39 Å². The van der Waals surface area contributed by atoms with Gasteiger partial charge in [0, 0.05) is 6.07 Å². The van der Waals surface area contributed by atoms with Gasteiger partial charge in [-0.15, -0.1) is 0 Å². The van der Waals surface area contributed by atoms with Gasteiger partial charge >= 0.3 is 6.18 Å². The lowest BCUT2D eigenvalue weighted by atomic mass is 10.2. The topological polar surface area (TPSA) is 64.4 Å². The maximum Gasteiger partial charge on any atom is 0.422 e. The minimum Gasteiger partial charge on any atom is -0.482 e. The lowest BCUT2D eigenvalue weighted by molar-refractivity contribution is -0.153. The molecule has 19 heavy (non-hydrogen) atoms. The molecule has 0 aliphatic carbocycles. The van der Waals surface area contributed by atoms with Gasteiger partial charge in [-0.2, -0.15) is 13.2 Å². The highest BCUT2D eigenvalue weighted by Crippen LogP contribution is 2.27. The molecule has 4 nitrogen and oxygen atoms in total. The number of benzene rings is 1. The number of hydrogen-bond donors (Lipinski definition) is 2. The Bertz CT molecular complexity index is 460. The van der Waals surface area contributed by atoms with Gasteiger partial charge in [0.1, 0.15) is 11.6 Å². The van der Waals surface area contributed by atoms with E-state index in [1.165, 1.54) is 6.92 Å². The zero-order valence-electron chi connectivity index (χ0n) is 9.92. The second-order valence-electron chi connectivity index (χ2n) is 3.82. The summed E-state index contributed by atoms with van der Waals surface area (Å²) in [6.07, 6.45) is -4.53. The molecular formula is C11H12F4N2O2. The Labute approximate surface area is 106 Å². The first-order valence-corrected chi connectivity index (χ1v) is 5.24. The normalized spacial score (nSPS) is 12.9. The van der Waals surface area contributed by atoms with E-state index in [0.717, 1.165) is 18.2 Å². The molecule has 1 aromatic carbocycles. The molecule has 0 fully saturated rings. The van der Waals surface area contributed by atoms with Crippen molar-refractivity contribution in [3.63, 3.8) is 0 Å². The van der Waals surface area contributed by atoms with E-state index < -0.39 is 30.5 Å². The third-order valence-electron chi connectivity index (χ3n) is 2.00. The molecule has 0 saturated heterocycles. The predicted molar refractivity (Wildman–Crippen MR) is 60.2 cm³/mol. The van der Waals surface area contributed by atoms with Gasteiger partial charge in [0.05, 0.1) is 11.7 Å². The molecule has 0 aliphatic heterocycles. The zero-order valence-corrected chi connectivity index (χ0v) is 9.92. The SMILES string of the molecule is C[C@H](N)C(=O)Nc1cc(F)ccc1OCC(F)(F)F. The molecule has 106 valence electrons. The van der Waals surface area contributed by atoms with E-state index in [-0.39, 0.29) is 11.4 Å². The molecule has 0 radical (unpaired) electrons. The molecule has 0 saturated carbocycles. The highest BCUT2D eigenvalue weighted by Gasteiger charge is 2.29. The van der Waals surface area contributed by atoms with Crippen molar-refractivity contribution in [2.45, 2.75) is 19.1 Å². The largest absolute Gasteiger partial charge is 0.482 e. The molecule has 1 atom stereocenters. The Morgan fingerprint density at radius 3 is 2.63 bits per heavy atom. The minimum atomic E-state index is -4.53. The Morgan fingerprint density at radius 1 is 1.47 bits per heavy atom. The van der Waals surface area contributed by atoms with Crippen LogP contribution < -0.4 is 15.8 Å². The van der Waals surface area contributed by atoms with Gasteiger partial charge in [-0.3, -0.25) is 4.79 Å². The van der Waals surface area contributed by atoms with Crippen molar-refractivity contribution < 1.29 is 27.1 Å². The number of amides is 1. The van der Waals surface area contributed by atoms with Crippen molar-refractivity contribution in [2.24, 2.45) is 5.73 Å². The fraction of sp³-hybridized carbons (Fsp3) is 0.364. The van der Waals surface area contributed by atoms with E-state index in [4.69, 9.17) is 5.73 Å². The summed E-state index contributed by atoms with van der Waals surface area (Å²) in [5.74, 6) is -1.67. The monoisotopic (exact) mass is 280 g/mol. The van der Waals surface area contributed by atoms with Crippen LogP contribution in [0.15, 0.2) is 18.2 Å². The molecule has 0 bridgehead atoms. The van der Waals surface area contributed by atoms with Crippen LogP contribution >= 0.6 is 0 Å².